The second kappa shape index (κ2) is 11.5. The Balaban J connectivity index is 2.48. The Morgan fingerprint density at radius 2 is 1.67 bits per heavy atom. The van der Waals surface area contributed by atoms with E-state index in [-0.39, 0.29) is 12.5 Å². The van der Waals surface area contributed by atoms with Crippen LogP contribution in [-0.4, -0.2) is 40.0 Å². The summed E-state index contributed by atoms with van der Waals surface area (Å²) in [6, 6.07) is 16.6. The topological polar surface area (TPSA) is 49.8 Å². The summed E-state index contributed by atoms with van der Waals surface area (Å²) < 4.78 is 5.64. The Bertz CT molecular complexity index is 797. The minimum atomic E-state index is -0.733. The number of esters is 1. The van der Waals surface area contributed by atoms with Crippen molar-refractivity contribution in [2.75, 3.05) is 6.54 Å². The zero-order valence-corrected chi connectivity index (χ0v) is 19.4. The first-order valence-corrected chi connectivity index (χ1v) is 11.1. The Kier molecular flexibility index (Phi) is 9.35. The molecule has 1 N–H and O–H groups in total. The standard InChI is InChI=1S/C25H34ClNO3/c1-17(2)27(18(3)4)14-13-22(21-9-7-6-8-10-21)23-15-20(16-28)11-12-24(23)30-25(29)19(5)26/h6-12,15,17-19,22,28H,13-14,16H2,1-5H3/t19?,22-/m1/s1. The van der Waals surface area contributed by atoms with Crippen LogP contribution in [0, 0.1) is 0 Å². The average molecular weight is 432 g/mol. The summed E-state index contributed by atoms with van der Waals surface area (Å²) in [6.45, 7) is 11.3. The second-order valence-electron chi connectivity index (χ2n) is 8.24. The summed E-state index contributed by atoms with van der Waals surface area (Å²) in [5.41, 5.74) is 2.83. The fraction of sp³-hybridized carbons (Fsp3) is 0.480. The molecule has 0 saturated carbocycles. The van der Waals surface area contributed by atoms with Gasteiger partial charge in [-0.15, -0.1) is 11.6 Å². The highest BCUT2D eigenvalue weighted by molar-refractivity contribution is 6.29. The van der Waals surface area contributed by atoms with E-state index >= 15 is 0 Å². The van der Waals surface area contributed by atoms with E-state index in [1.807, 2.05) is 24.3 Å². The number of rotatable bonds is 10. The van der Waals surface area contributed by atoms with Gasteiger partial charge in [-0.25, -0.2) is 0 Å². The molecule has 5 heteroatoms. The van der Waals surface area contributed by atoms with Crippen LogP contribution in [0.5, 0.6) is 5.75 Å². The predicted molar refractivity (Wildman–Crippen MR) is 123 cm³/mol. The van der Waals surface area contributed by atoms with Crippen molar-refractivity contribution in [3.05, 3.63) is 65.2 Å². The quantitative estimate of drug-likeness (QED) is 0.313. The molecule has 0 aliphatic rings. The summed E-state index contributed by atoms with van der Waals surface area (Å²) in [5.74, 6) is 0.0396. The minimum Gasteiger partial charge on any atom is -0.425 e. The maximum absolute atomic E-state index is 12.2. The van der Waals surface area contributed by atoms with Crippen molar-refractivity contribution in [2.45, 2.75) is 71.0 Å². The maximum atomic E-state index is 12.2. The van der Waals surface area contributed by atoms with Crippen molar-refractivity contribution < 1.29 is 14.6 Å². The highest BCUT2D eigenvalue weighted by Gasteiger charge is 2.24. The Morgan fingerprint density at radius 1 is 1.03 bits per heavy atom. The van der Waals surface area contributed by atoms with Crippen molar-refractivity contribution in [2.24, 2.45) is 0 Å². The molecule has 0 aliphatic carbocycles. The molecule has 2 rings (SSSR count). The number of carbonyl (C=O) groups excluding carboxylic acids is 1. The van der Waals surface area contributed by atoms with Crippen LogP contribution in [0.1, 0.15) is 63.6 Å². The first-order valence-electron chi connectivity index (χ1n) is 10.6. The van der Waals surface area contributed by atoms with Crippen molar-refractivity contribution in [1.82, 2.24) is 4.90 Å². The summed E-state index contributed by atoms with van der Waals surface area (Å²) >= 11 is 5.94. The molecule has 30 heavy (non-hydrogen) atoms. The summed E-state index contributed by atoms with van der Waals surface area (Å²) in [5, 5.41) is 8.97. The molecule has 164 valence electrons. The summed E-state index contributed by atoms with van der Waals surface area (Å²) in [7, 11) is 0. The molecule has 4 nitrogen and oxygen atoms in total. The highest BCUT2D eigenvalue weighted by Crippen LogP contribution is 2.36. The smallest absolute Gasteiger partial charge is 0.329 e. The Morgan fingerprint density at radius 3 is 2.20 bits per heavy atom. The third-order valence-electron chi connectivity index (χ3n) is 5.37. The number of hydrogen-bond acceptors (Lipinski definition) is 4. The number of nitrogens with zero attached hydrogens (tertiary/aromatic N) is 1. The molecule has 0 radical (unpaired) electrons. The van der Waals surface area contributed by atoms with Crippen molar-refractivity contribution in [3.8, 4) is 5.75 Å². The van der Waals surface area contributed by atoms with E-state index in [2.05, 4.69) is 44.7 Å². The number of benzene rings is 2. The van der Waals surface area contributed by atoms with Gasteiger partial charge in [-0.2, -0.15) is 0 Å². The fourth-order valence-corrected chi connectivity index (χ4v) is 3.87. The zero-order chi connectivity index (χ0) is 22.3. The van der Waals surface area contributed by atoms with E-state index in [4.69, 9.17) is 16.3 Å². The molecular formula is C25H34ClNO3. The highest BCUT2D eigenvalue weighted by atomic mass is 35.5. The lowest BCUT2D eigenvalue weighted by Gasteiger charge is -2.32. The fourth-order valence-electron chi connectivity index (χ4n) is 3.83. The van der Waals surface area contributed by atoms with E-state index in [9.17, 15) is 9.90 Å². The van der Waals surface area contributed by atoms with Crippen molar-refractivity contribution >= 4 is 17.6 Å². The number of aliphatic hydroxyl groups is 1. The average Bonchev–Trinajstić information content (AvgIpc) is 2.71. The molecule has 0 spiro atoms. The molecular weight excluding hydrogens is 398 g/mol. The maximum Gasteiger partial charge on any atom is 0.329 e. The predicted octanol–water partition coefficient (Wildman–Crippen LogP) is 5.35. The van der Waals surface area contributed by atoms with Gasteiger partial charge in [0, 0.05) is 23.6 Å². The van der Waals surface area contributed by atoms with Crippen LogP contribution >= 0.6 is 11.6 Å². The van der Waals surface area contributed by atoms with Gasteiger partial charge in [0.25, 0.3) is 0 Å². The lowest BCUT2D eigenvalue weighted by Crippen LogP contribution is -2.38. The van der Waals surface area contributed by atoms with Gasteiger partial charge in [0.1, 0.15) is 11.1 Å². The third kappa shape index (κ3) is 6.56. The molecule has 0 aliphatic heterocycles. The molecule has 0 bridgehead atoms. The Labute approximate surface area is 185 Å². The number of hydrogen-bond donors (Lipinski definition) is 1. The molecule has 0 aromatic heterocycles. The van der Waals surface area contributed by atoms with Gasteiger partial charge in [-0.1, -0.05) is 36.4 Å². The van der Waals surface area contributed by atoms with Gasteiger partial charge in [0.05, 0.1) is 6.61 Å². The number of aliphatic hydroxyl groups excluding tert-OH is 1. The van der Waals surface area contributed by atoms with Crippen molar-refractivity contribution in [1.29, 1.82) is 0 Å². The van der Waals surface area contributed by atoms with Crippen LogP contribution in [0.3, 0.4) is 0 Å². The monoisotopic (exact) mass is 431 g/mol. The number of ether oxygens (including phenoxy) is 1. The second-order valence-corrected chi connectivity index (χ2v) is 8.90. The van der Waals surface area contributed by atoms with E-state index < -0.39 is 11.3 Å². The number of halogens is 1. The van der Waals surface area contributed by atoms with Crippen LogP contribution in [0.4, 0.5) is 0 Å². The number of alkyl halides is 1. The lowest BCUT2D eigenvalue weighted by molar-refractivity contribution is -0.133. The molecule has 1 unspecified atom stereocenters. The van der Waals surface area contributed by atoms with Crippen LogP contribution in [0.25, 0.3) is 0 Å². The van der Waals surface area contributed by atoms with Crippen LogP contribution in [0.2, 0.25) is 0 Å². The van der Waals surface area contributed by atoms with Gasteiger partial charge >= 0.3 is 5.97 Å². The Hall–Kier alpha value is -1.88. The van der Waals surface area contributed by atoms with Gasteiger partial charge in [0.2, 0.25) is 0 Å². The van der Waals surface area contributed by atoms with Gasteiger partial charge in [0.15, 0.2) is 0 Å². The van der Waals surface area contributed by atoms with Crippen LogP contribution < -0.4 is 4.74 Å². The third-order valence-corrected chi connectivity index (χ3v) is 5.55. The molecule has 0 fully saturated rings. The molecule has 0 saturated heterocycles. The summed E-state index contributed by atoms with van der Waals surface area (Å²) in [4.78, 5) is 14.7. The largest absolute Gasteiger partial charge is 0.425 e. The van der Waals surface area contributed by atoms with Gasteiger partial charge in [-0.05, 0) is 70.8 Å². The van der Waals surface area contributed by atoms with E-state index in [1.54, 1.807) is 19.1 Å². The van der Waals surface area contributed by atoms with E-state index in [0.717, 1.165) is 29.7 Å². The van der Waals surface area contributed by atoms with Crippen LogP contribution in [0.15, 0.2) is 48.5 Å². The van der Waals surface area contributed by atoms with E-state index in [0.29, 0.717) is 17.8 Å². The zero-order valence-electron chi connectivity index (χ0n) is 18.6. The first-order chi connectivity index (χ1) is 14.2. The normalized spacial score (nSPS) is 13.7. The first kappa shape index (κ1) is 24.4. The summed E-state index contributed by atoms with van der Waals surface area (Å²) in [6.07, 6.45) is 0.857. The molecule has 2 atom stereocenters. The molecule has 2 aromatic carbocycles. The van der Waals surface area contributed by atoms with Crippen LogP contribution in [-0.2, 0) is 11.4 Å². The molecule has 0 heterocycles. The van der Waals surface area contributed by atoms with Gasteiger partial charge in [-0.3, -0.25) is 9.69 Å². The molecule has 2 aromatic rings. The van der Waals surface area contributed by atoms with Crippen molar-refractivity contribution in [3.63, 3.8) is 0 Å². The molecule has 0 amide bonds. The van der Waals surface area contributed by atoms with E-state index in [1.165, 1.54) is 0 Å². The van der Waals surface area contributed by atoms with Gasteiger partial charge < -0.3 is 9.84 Å². The number of carbonyl (C=O) groups is 1. The minimum absolute atomic E-state index is 0.0196. The SMILES string of the molecule is CC(Cl)C(=O)Oc1ccc(CO)cc1[C@H](CCN(C(C)C)C(C)C)c1ccccc1. The lowest BCUT2D eigenvalue weighted by atomic mass is 9.86.